The van der Waals surface area contributed by atoms with E-state index in [2.05, 4.69) is 10.0 Å². The highest BCUT2D eigenvalue weighted by molar-refractivity contribution is 7.95. The Hall–Kier alpha value is -3.78. The first-order chi connectivity index (χ1) is 15.9. The number of nitrogens with one attached hydrogen (secondary N) is 2. The number of hydrogen-bond donors (Lipinski definition) is 2. The number of methoxy groups -OCH3 is 1. The molecule has 0 aliphatic heterocycles. The molecule has 2 N–H and O–H groups in total. The first-order valence-electron chi connectivity index (χ1n) is 10.3. The van der Waals surface area contributed by atoms with Crippen LogP contribution in [0.3, 0.4) is 0 Å². The summed E-state index contributed by atoms with van der Waals surface area (Å²) in [7, 11) is -2.12. The second-order valence-corrected chi connectivity index (χ2v) is 8.61. The number of carbonyl (C=O) groups excluding carboxylic acids is 1. The number of sulfonamides is 1. The molecule has 0 bridgehead atoms. The van der Waals surface area contributed by atoms with E-state index in [0.29, 0.717) is 35.9 Å². The van der Waals surface area contributed by atoms with Crippen molar-refractivity contribution in [2.75, 3.05) is 18.4 Å². The van der Waals surface area contributed by atoms with Crippen molar-refractivity contribution < 1.29 is 22.7 Å². The molecule has 8 heteroatoms. The average molecular weight is 467 g/mol. The van der Waals surface area contributed by atoms with Gasteiger partial charge in [-0.15, -0.1) is 0 Å². The number of anilines is 1. The Kier molecular flexibility index (Phi) is 8.10. The Morgan fingerprint density at radius 1 is 0.970 bits per heavy atom. The lowest BCUT2D eigenvalue weighted by Crippen LogP contribution is -2.22. The molecule has 0 radical (unpaired) electrons. The summed E-state index contributed by atoms with van der Waals surface area (Å²) in [5.74, 6) is 0.967. The summed E-state index contributed by atoms with van der Waals surface area (Å²) in [4.78, 5) is 12.5. The smallest absolute Gasteiger partial charge is 0.255 e. The molecule has 1 amide bonds. The van der Waals surface area contributed by atoms with Gasteiger partial charge >= 0.3 is 0 Å². The van der Waals surface area contributed by atoms with Crippen molar-refractivity contribution in [3.63, 3.8) is 0 Å². The van der Waals surface area contributed by atoms with Gasteiger partial charge in [-0.25, -0.2) is 8.42 Å². The van der Waals surface area contributed by atoms with Gasteiger partial charge in [-0.05, 0) is 60.5 Å². The van der Waals surface area contributed by atoms with Crippen molar-refractivity contribution in [2.45, 2.75) is 13.5 Å². The topological polar surface area (TPSA) is 93.7 Å². The normalized spacial score (nSPS) is 11.2. The maximum Gasteiger partial charge on any atom is 0.255 e. The lowest BCUT2D eigenvalue weighted by Gasteiger charge is -2.12. The summed E-state index contributed by atoms with van der Waals surface area (Å²) >= 11 is 0. The van der Waals surface area contributed by atoms with Crippen LogP contribution in [0.5, 0.6) is 11.5 Å². The molecule has 3 aromatic rings. The number of amides is 1. The van der Waals surface area contributed by atoms with Crippen LogP contribution in [0.4, 0.5) is 5.69 Å². The Morgan fingerprint density at radius 2 is 1.70 bits per heavy atom. The summed E-state index contributed by atoms with van der Waals surface area (Å²) in [5.41, 5.74) is 2.41. The number of ether oxygens (including phenoxy) is 2. The second-order valence-electron chi connectivity index (χ2n) is 7.04. The van der Waals surface area contributed by atoms with Gasteiger partial charge in [0.2, 0.25) is 0 Å². The highest BCUT2D eigenvalue weighted by atomic mass is 32.2. The van der Waals surface area contributed by atoms with Crippen molar-refractivity contribution in [3.05, 3.63) is 94.9 Å². The lowest BCUT2D eigenvalue weighted by molar-refractivity contribution is 0.0951. The van der Waals surface area contributed by atoms with Crippen LogP contribution in [-0.4, -0.2) is 28.0 Å². The molecule has 0 aliphatic carbocycles. The number of benzene rings is 3. The van der Waals surface area contributed by atoms with Crippen molar-refractivity contribution in [3.8, 4) is 11.5 Å². The minimum absolute atomic E-state index is 0.277. The van der Waals surface area contributed by atoms with Gasteiger partial charge in [-0.2, -0.15) is 0 Å². The Balaban J connectivity index is 1.58. The summed E-state index contributed by atoms with van der Waals surface area (Å²) in [5, 5.41) is 3.94. The lowest BCUT2D eigenvalue weighted by atomic mass is 10.1. The fraction of sp³-hybridized carbons (Fsp3) is 0.160. The summed E-state index contributed by atoms with van der Waals surface area (Å²) in [6, 6.07) is 20.8. The van der Waals surface area contributed by atoms with E-state index in [1.807, 2.05) is 49.4 Å². The SMILES string of the molecule is CCOc1ccc(CNC(=O)c2ccc(NS(=O)(=O)/C=C/c3ccccc3)cc2)cc1OC. The van der Waals surface area contributed by atoms with Crippen LogP contribution in [0, 0.1) is 0 Å². The fourth-order valence-electron chi connectivity index (χ4n) is 3.00. The van der Waals surface area contributed by atoms with E-state index in [1.54, 1.807) is 37.4 Å². The van der Waals surface area contributed by atoms with E-state index in [1.165, 1.54) is 6.08 Å². The number of carbonyl (C=O) groups is 1. The third-order valence-electron chi connectivity index (χ3n) is 4.63. The van der Waals surface area contributed by atoms with Gasteiger partial charge in [0.1, 0.15) is 0 Å². The minimum Gasteiger partial charge on any atom is -0.493 e. The largest absolute Gasteiger partial charge is 0.493 e. The molecular formula is C25H26N2O5S. The summed E-state index contributed by atoms with van der Waals surface area (Å²) in [6.45, 7) is 2.73. The maximum absolute atomic E-state index is 12.5. The molecule has 3 rings (SSSR count). The van der Waals surface area contributed by atoms with Gasteiger partial charge < -0.3 is 14.8 Å². The second kappa shape index (κ2) is 11.2. The van der Waals surface area contributed by atoms with Crippen molar-refractivity contribution >= 4 is 27.7 Å². The van der Waals surface area contributed by atoms with E-state index in [4.69, 9.17) is 9.47 Å². The Bertz CT molecular complexity index is 1210. The fourth-order valence-corrected chi connectivity index (χ4v) is 3.87. The third kappa shape index (κ3) is 7.11. The zero-order valence-corrected chi connectivity index (χ0v) is 19.3. The van der Waals surface area contributed by atoms with Crippen LogP contribution in [0.1, 0.15) is 28.4 Å². The van der Waals surface area contributed by atoms with Crippen molar-refractivity contribution in [1.29, 1.82) is 0 Å². The van der Waals surface area contributed by atoms with E-state index < -0.39 is 10.0 Å². The van der Waals surface area contributed by atoms with Crippen LogP contribution in [0.25, 0.3) is 6.08 Å². The predicted molar refractivity (Wildman–Crippen MR) is 130 cm³/mol. The van der Waals surface area contributed by atoms with Crippen LogP contribution in [-0.2, 0) is 16.6 Å². The summed E-state index contributed by atoms with van der Waals surface area (Å²) in [6.07, 6.45) is 1.51. The minimum atomic E-state index is -3.68. The van der Waals surface area contributed by atoms with Crippen LogP contribution in [0.15, 0.2) is 78.2 Å². The monoisotopic (exact) mass is 466 g/mol. The van der Waals surface area contributed by atoms with E-state index in [9.17, 15) is 13.2 Å². The third-order valence-corrected chi connectivity index (χ3v) is 5.64. The number of hydrogen-bond acceptors (Lipinski definition) is 5. The highest BCUT2D eigenvalue weighted by Crippen LogP contribution is 2.28. The van der Waals surface area contributed by atoms with Gasteiger partial charge in [0.05, 0.1) is 19.1 Å². The predicted octanol–water partition coefficient (Wildman–Crippen LogP) is 4.44. The Morgan fingerprint density at radius 3 is 2.36 bits per heavy atom. The van der Waals surface area contributed by atoms with E-state index in [-0.39, 0.29) is 5.91 Å². The quantitative estimate of drug-likeness (QED) is 0.461. The zero-order valence-electron chi connectivity index (χ0n) is 18.4. The molecule has 0 saturated heterocycles. The van der Waals surface area contributed by atoms with Gasteiger partial charge in [-0.3, -0.25) is 9.52 Å². The molecule has 0 fully saturated rings. The molecule has 0 atom stereocenters. The number of rotatable bonds is 10. The molecule has 7 nitrogen and oxygen atoms in total. The first-order valence-corrected chi connectivity index (χ1v) is 11.9. The molecule has 0 spiro atoms. The van der Waals surface area contributed by atoms with Gasteiger partial charge in [0.15, 0.2) is 11.5 Å². The molecule has 0 aliphatic rings. The molecule has 0 aromatic heterocycles. The average Bonchev–Trinajstić information content (AvgIpc) is 2.83. The highest BCUT2D eigenvalue weighted by Gasteiger charge is 2.10. The molecular weight excluding hydrogens is 440 g/mol. The maximum atomic E-state index is 12.5. The van der Waals surface area contributed by atoms with Crippen molar-refractivity contribution in [2.24, 2.45) is 0 Å². The van der Waals surface area contributed by atoms with Crippen LogP contribution >= 0.6 is 0 Å². The zero-order chi connectivity index (χ0) is 23.7. The summed E-state index contributed by atoms with van der Waals surface area (Å²) < 4.78 is 37.8. The molecule has 0 unspecified atom stereocenters. The van der Waals surface area contributed by atoms with Gasteiger partial charge in [0, 0.05) is 17.8 Å². The molecule has 33 heavy (non-hydrogen) atoms. The van der Waals surface area contributed by atoms with E-state index >= 15 is 0 Å². The van der Waals surface area contributed by atoms with Crippen LogP contribution < -0.4 is 19.5 Å². The van der Waals surface area contributed by atoms with Crippen molar-refractivity contribution in [1.82, 2.24) is 5.32 Å². The van der Waals surface area contributed by atoms with Crippen LogP contribution in [0.2, 0.25) is 0 Å². The standard InChI is InChI=1S/C25H26N2O5S/c1-3-32-23-14-9-20(17-24(23)31-2)18-26-25(28)21-10-12-22(13-11-21)27-33(29,30)16-15-19-7-5-4-6-8-19/h4-17,27H,3,18H2,1-2H3,(H,26,28)/b16-15+. The molecule has 0 saturated carbocycles. The first kappa shape index (κ1) is 23.9. The molecule has 172 valence electrons. The Labute approximate surface area is 194 Å². The van der Waals surface area contributed by atoms with Gasteiger partial charge in [-0.1, -0.05) is 36.4 Å². The van der Waals surface area contributed by atoms with E-state index in [0.717, 1.165) is 16.5 Å². The molecule has 0 heterocycles. The van der Waals surface area contributed by atoms with Gasteiger partial charge in [0.25, 0.3) is 15.9 Å². The molecule has 3 aromatic carbocycles.